The third kappa shape index (κ3) is 2.24. The number of ether oxygens (including phenoxy) is 1. The number of hydrogen-bond acceptors (Lipinski definition) is 3. The molecule has 0 aliphatic carbocycles. The summed E-state index contributed by atoms with van der Waals surface area (Å²) in [6.07, 6.45) is 4.26. The Bertz CT molecular complexity index is 323. The molecule has 0 aromatic heterocycles. The standard InChI is InChI=1S/C16H30N2O/c1-12(2)18-13-5-6-15(18)14(11-13)16(3,4)17-7-9-19-10-8-17/h12-15H,5-11H2,1-4H3. The van der Waals surface area contributed by atoms with Crippen molar-refractivity contribution in [3.63, 3.8) is 0 Å². The fraction of sp³-hybridized carbons (Fsp3) is 1.00. The predicted octanol–water partition coefficient (Wildman–Crippen LogP) is 2.36. The van der Waals surface area contributed by atoms with Gasteiger partial charge < -0.3 is 4.74 Å². The Morgan fingerprint density at radius 1 is 1.11 bits per heavy atom. The summed E-state index contributed by atoms with van der Waals surface area (Å²) >= 11 is 0. The molecule has 3 saturated heterocycles. The minimum absolute atomic E-state index is 0.330. The van der Waals surface area contributed by atoms with E-state index in [1.54, 1.807) is 0 Å². The molecule has 0 N–H and O–H groups in total. The van der Waals surface area contributed by atoms with Gasteiger partial charge in [0, 0.05) is 36.8 Å². The fourth-order valence-corrected chi connectivity index (χ4v) is 4.97. The molecule has 3 nitrogen and oxygen atoms in total. The van der Waals surface area contributed by atoms with Crippen LogP contribution in [-0.2, 0) is 4.74 Å². The fourth-order valence-electron chi connectivity index (χ4n) is 4.97. The largest absolute Gasteiger partial charge is 0.379 e. The van der Waals surface area contributed by atoms with Gasteiger partial charge in [0.15, 0.2) is 0 Å². The number of morpholine rings is 1. The molecular weight excluding hydrogens is 236 g/mol. The quantitative estimate of drug-likeness (QED) is 0.780. The molecule has 3 heteroatoms. The lowest BCUT2D eigenvalue weighted by Gasteiger charge is -2.47. The monoisotopic (exact) mass is 266 g/mol. The van der Waals surface area contributed by atoms with Gasteiger partial charge in [-0.25, -0.2) is 0 Å². The number of nitrogens with zero attached hydrogens (tertiary/aromatic N) is 2. The van der Waals surface area contributed by atoms with Crippen LogP contribution < -0.4 is 0 Å². The lowest BCUT2D eigenvalue weighted by atomic mass is 9.75. The van der Waals surface area contributed by atoms with E-state index in [9.17, 15) is 0 Å². The van der Waals surface area contributed by atoms with Crippen molar-refractivity contribution in [3.8, 4) is 0 Å². The summed E-state index contributed by atoms with van der Waals surface area (Å²) in [4.78, 5) is 5.49. The third-order valence-corrected chi connectivity index (χ3v) is 5.92. The first kappa shape index (κ1) is 13.8. The molecule has 3 atom stereocenters. The van der Waals surface area contributed by atoms with Gasteiger partial charge in [0.2, 0.25) is 0 Å². The van der Waals surface area contributed by atoms with Crippen molar-refractivity contribution in [2.75, 3.05) is 26.3 Å². The zero-order chi connectivity index (χ0) is 13.6. The van der Waals surface area contributed by atoms with E-state index in [-0.39, 0.29) is 0 Å². The molecule has 0 aromatic carbocycles. The van der Waals surface area contributed by atoms with Crippen molar-refractivity contribution in [1.29, 1.82) is 0 Å². The maximum Gasteiger partial charge on any atom is 0.0594 e. The molecule has 3 unspecified atom stereocenters. The Morgan fingerprint density at radius 2 is 1.79 bits per heavy atom. The summed E-state index contributed by atoms with van der Waals surface area (Å²) in [7, 11) is 0. The Labute approximate surface area is 118 Å². The van der Waals surface area contributed by atoms with Crippen molar-refractivity contribution in [1.82, 2.24) is 9.80 Å². The van der Waals surface area contributed by atoms with E-state index < -0.39 is 0 Å². The van der Waals surface area contributed by atoms with Gasteiger partial charge in [0.1, 0.15) is 0 Å². The van der Waals surface area contributed by atoms with Gasteiger partial charge in [-0.1, -0.05) is 0 Å². The molecule has 2 bridgehead atoms. The smallest absolute Gasteiger partial charge is 0.0594 e. The molecule has 110 valence electrons. The van der Waals surface area contributed by atoms with Crippen LogP contribution >= 0.6 is 0 Å². The van der Waals surface area contributed by atoms with E-state index in [2.05, 4.69) is 37.5 Å². The summed E-state index contributed by atoms with van der Waals surface area (Å²) in [6.45, 7) is 13.7. The van der Waals surface area contributed by atoms with Crippen LogP contribution in [0.3, 0.4) is 0 Å². The first-order valence-electron chi connectivity index (χ1n) is 8.12. The highest BCUT2D eigenvalue weighted by atomic mass is 16.5. The summed E-state index contributed by atoms with van der Waals surface area (Å²) in [5.41, 5.74) is 0.330. The van der Waals surface area contributed by atoms with Gasteiger partial charge in [-0.3, -0.25) is 9.80 Å². The maximum atomic E-state index is 5.53. The van der Waals surface area contributed by atoms with Crippen LogP contribution in [0.5, 0.6) is 0 Å². The normalized spacial score (nSPS) is 37.4. The van der Waals surface area contributed by atoms with Gasteiger partial charge in [-0.15, -0.1) is 0 Å². The second-order valence-electron chi connectivity index (χ2n) is 7.43. The molecule has 3 rings (SSSR count). The lowest BCUT2D eigenvalue weighted by molar-refractivity contribution is -0.0391. The average molecular weight is 266 g/mol. The van der Waals surface area contributed by atoms with Crippen LogP contribution in [0.25, 0.3) is 0 Å². The van der Waals surface area contributed by atoms with Gasteiger partial charge in [0.05, 0.1) is 13.2 Å². The highest BCUT2D eigenvalue weighted by Crippen LogP contribution is 2.48. The van der Waals surface area contributed by atoms with E-state index in [0.29, 0.717) is 11.6 Å². The van der Waals surface area contributed by atoms with Crippen molar-refractivity contribution < 1.29 is 4.74 Å². The first-order valence-corrected chi connectivity index (χ1v) is 8.12. The highest BCUT2D eigenvalue weighted by Gasteiger charge is 2.53. The van der Waals surface area contributed by atoms with Gasteiger partial charge in [-0.05, 0) is 52.9 Å². The minimum Gasteiger partial charge on any atom is -0.379 e. The van der Waals surface area contributed by atoms with Crippen molar-refractivity contribution in [2.45, 2.75) is 70.6 Å². The average Bonchev–Trinajstić information content (AvgIpc) is 2.97. The number of hydrogen-bond donors (Lipinski definition) is 0. The van der Waals surface area contributed by atoms with Crippen LogP contribution in [0.2, 0.25) is 0 Å². The van der Waals surface area contributed by atoms with Crippen molar-refractivity contribution in [2.24, 2.45) is 5.92 Å². The molecule has 0 aromatic rings. The molecule has 3 fully saturated rings. The second-order valence-corrected chi connectivity index (χ2v) is 7.43. The molecule has 3 heterocycles. The maximum absolute atomic E-state index is 5.53. The first-order chi connectivity index (χ1) is 9.01. The van der Waals surface area contributed by atoms with Gasteiger partial charge in [-0.2, -0.15) is 0 Å². The summed E-state index contributed by atoms with van der Waals surface area (Å²) in [6, 6.07) is 2.39. The van der Waals surface area contributed by atoms with Gasteiger partial charge in [0.25, 0.3) is 0 Å². The van der Waals surface area contributed by atoms with E-state index in [4.69, 9.17) is 4.74 Å². The molecule has 3 aliphatic heterocycles. The lowest BCUT2D eigenvalue weighted by Crippen LogP contribution is -2.56. The van der Waals surface area contributed by atoms with Crippen LogP contribution in [0.1, 0.15) is 47.0 Å². The summed E-state index contributed by atoms with van der Waals surface area (Å²) in [5.74, 6) is 0.840. The Balaban J connectivity index is 1.75. The molecule has 0 amide bonds. The molecule has 19 heavy (non-hydrogen) atoms. The molecule has 0 radical (unpaired) electrons. The van der Waals surface area contributed by atoms with Crippen molar-refractivity contribution >= 4 is 0 Å². The van der Waals surface area contributed by atoms with Crippen LogP contribution in [0.4, 0.5) is 0 Å². The third-order valence-electron chi connectivity index (χ3n) is 5.92. The highest BCUT2D eigenvalue weighted by molar-refractivity contribution is 5.08. The molecule has 3 aliphatic rings. The molecule has 0 spiro atoms. The van der Waals surface area contributed by atoms with E-state index >= 15 is 0 Å². The Morgan fingerprint density at radius 3 is 2.37 bits per heavy atom. The zero-order valence-corrected chi connectivity index (χ0v) is 13.1. The van der Waals surface area contributed by atoms with E-state index in [1.165, 1.54) is 19.3 Å². The SMILES string of the molecule is CC(C)N1C2CCC1C(C(C)(C)N1CCOCC1)C2. The number of fused-ring (bicyclic) bond motifs is 2. The van der Waals surface area contributed by atoms with Crippen LogP contribution in [-0.4, -0.2) is 59.8 Å². The predicted molar refractivity (Wildman–Crippen MR) is 78.4 cm³/mol. The topological polar surface area (TPSA) is 15.7 Å². The summed E-state index contributed by atoms with van der Waals surface area (Å²) in [5, 5.41) is 0. The van der Waals surface area contributed by atoms with E-state index in [1.807, 2.05) is 0 Å². The Hall–Kier alpha value is -0.120. The van der Waals surface area contributed by atoms with E-state index in [0.717, 1.165) is 44.3 Å². The second kappa shape index (κ2) is 5.01. The minimum atomic E-state index is 0.330. The molecular formula is C16H30N2O. The van der Waals surface area contributed by atoms with Crippen molar-refractivity contribution in [3.05, 3.63) is 0 Å². The van der Waals surface area contributed by atoms with Crippen LogP contribution in [0, 0.1) is 5.92 Å². The van der Waals surface area contributed by atoms with Gasteiger partial charge >= 0.3 is 0 Å². The van der Waals surface area contributed by atoms with Crippen LogP contribution in [0.15, 0.2) is 0 Å². The number of rotatable bonds is 3. The Kier molecular flexibility index (Phi) is 3.65. The molecule has 0 saturated carbocycles. The summed E-state index contributed by atoms with van der Waals surface area (Å²) < 4.78 is 5.53. The zero-order valence-electron chi connectivity index (χ0n) is 13.1.